The molecule has 0 atom stereocenters. The third kappa shape index (κ3) is 2.77. The fraction of sp³-hybridized carbons (Fsp3) is 0.0500. The summed E-state index contributed by atoms with van der Waals surface area (Å²) in [5.41, 5.74) is 8.51. The van der Waals surface area contributed by atoms with E-state index in [0.717, 1.165) is 31.8 Å². The number of fused-ring (bicyclic) bond motifs is 3. The van der Waals surface area contributed by atoms with Gasteiger partial charge in [-0.25, -0.2) is 4.39 Å². The normalized spacial score (nSPS) is 11.3. The summed E-state index contributed by atoms with van der Waals surface area (Å²) in [6.07, 6.45) is 0. The van der Waals surface area contributed by atoms with Crippen molar-refractivity contribution < 1.29 is 9.18 Å². The largest absolute Gasteiger partial charge is 0.366 e. The fourth-order valence-corrected chi connectivity index (χ4v) is 3.87. The molecular weight excluding hydrogens is 419 g/mol. The number of amides is 1. The standard InChI is InChI=1S/C20H13BrClFN2O/c21-16-7-5-13(23)8-11(16)10-25-17-3-1-2-15(20(24)26)19(17)14-6-4-12(22)9-18(14)25/h1-9H,10H2,(H2,24,26). The van der Waals surface area contributed by atoms with E-state index in [1.54, 1.807) is 24.3 Å². The molecule has 3 nitrogen and oxygen atoms in total. The lowest BCUT2D eigenvalue weighted by molar-refractivity contribution is 0.100. The van der Waals surface area contributed by atoms with Gasteiger partial charge in [-0.2, -0.15) is 0 Å². The number of aromatic nitrogens is 1. The minimum atomic E-state index is -0.489. The third-order valence-corrected chi connectivity index (χ3v) is 5.46. The van der Waals surface area contributed by atoms with Gasteiger partial charge in [0.2, 0.25) is 5.91 Å². The molecule has 1 amide bonds. The summed E-state index contributed by atoms with van der Waals surface area (Å²) in [5.74, 6) is -0.795. The van der Waals surface area contributed by atoms with Gasteiger partial charge in [0.15, 0.2) is 0 Å². The minimum Gasteiger partial charge on any atom is -0.366 e. The maximum Gasteiger partial charge on any atom is 0.249 e. The number of benzene rings is 3. The van der Waals surface area contributed by atoms with Gasteiger partial charge in [-0.05, 0) is 48.0 Å². The number of nitrogens with zero attached hydrogens (tertiary/aromatic N) is 1. The van der Waals surface area contributed by atoms with Crippen LogP contribution < -0.4 is 5.73 Å². The van der Waals surface area contributed by atoms with Gasteiger partial charge < -0.3 is 10.3 Å². The Morgan fingerprint density at radius 3 is 2.69 bits per heavy atom. The highest BCUT2D eigenvalue weighted by Crippen LogP contribution is 2.34. The second-order valence-corrected chi connectivity index (χ2v) is 7.34. The van der Waals surface area contributed by atoms with E-state index < -0.39 is 5.91 Å². The molecule has 0 aliphatic carbocycles. The predicted octanol–water partition coefficient (Wildman–Crippen LogP) is 5.50. The van der Waals surface area contributed by atoms with Crippen molar-refractivity contribution in [3.63, 3.8) is 0 Å². The second kappa shape index (κ2) is 6.41. The fourth-order valence-electron chi connectivity index (χ4n) is 3.33. The minimum absolute atomic E-state index is 0.306. The molecule has 0 fully saturated rings. The Kier molecular flexibility index (Phi) is 4.21. The summed E-state index contributed by atoms with van der Waals surface area (Å²) in [5, 5.41) is 2.24. The SMILES string of the molecule is NC(=O)c1cccc2c1c1ccc(Cl)cc1n2Cc1cc(F)ccc1Br. The Labute approximate surface area is 162 Å². The molecule has 1 aromatic heterocycles. The average molecular weight is 432 g/mol. The molecular formula is C20H13BrClFN2O. The molecule has 0 spiro atoms. The van der Waals surface area contributed by atoms with Crippen molar-refractivity contribution in [3.8, 4) is 0 Å². The summed E-state index contributed by atoms with van der Waals surface area (Å²) in [6.45, 7) is 0.418. The van der Waals surface area contributed by atoms with Crippen LogP contribution in [0.2, 0.25) is 5.02 Å². The van der Waals surface area contributed by atoms with E-state index >= 15 is 0 Å². The summed E-state index contributed by atoms with van der Waals surface area (Å²) in [6, 6.07) is 15.5. The van der Waals surface area contributed by atoms with Gasteiger partial charge in [0.1, 0.15) is 5.82 Å². The van der Waals surface area contributed by atoms with E-state index in [1.165, 1.54) is 12.1 Å². The van der Waals surface area contributed by atoms with Gasteiger partial charge in [-0.3, -0.25) is 4.79 Å². The van der Waals surface area contributed by atoms with Crippen LogP contribution in [0.3, 0.4) is 0 Å². The lowest BCUT2D eigenvalue weighted by Gasteiger charge is -2.10. The zero-order valence-corrected chi connectivity index (χ0v) is 15.8. The number of nitrogens with two attached hydrogens (primary N) is 1. The maximum absolute atomic E-state index is 13.7. The number of halogens is 3. The molecule has 1 heterocycles. The van der Waals surface area contributed by atoms with E-state index in [4.69, 9.17) is 17.3 Å². The van der Waals surface area contributed by atoms with Gasteiger partial charge in [0, 0.05) is 32.4 Å². The quantitative estimate of drug-likeness (QED) is 0.458. The summed E-state index contributed by atoms with van der Waals surface area (Å²) in [4.78, 5) is 11.9. The molecule has 0 aliphatic rings. The number of carbonyl (C=O) groups excluding carboxylic acids is 1. The Bertz CT molecular complexity index is 1190. The molecule has 0 aliphatic heterocycles. The van der Waals surface area contributed by atoms with E-state index in [9.17, 15) is 9.18 Å². The van der Waals surface area contributed by atoms with Crippen molar-refractivity contribution >= 4 is 55.2 Å². The van der Waals surface area contributed by atoms with Crippen LogP contribution in [-0.4, -0.2) is 10.5 Å². The maximum atomic E-state index is 13.7. The number of hydrogen-bond acceptors (Lipinski definition) is 1. The van der Waals surface area contributed by atoms with Gasteiger partial charge in [-0.1, -0.05) is 39.7 Å². The van der Waals surface area contributed by atoms with E-state index in [-0.39, 0.29) is 5.82 Å². The van der Waals surface area contributed by atoms with Gasteiger partial charge in [-0.15, -0.1) is 0 Å². The first-order chi connectivity index (χ1) is 12.5. The molecule has 4 aromatic rings. The Hall–Kier alpha value is -2.37. The van der Waals surface area contributed by atoms with Crippen LogP contribution in [0.15, 0.2) is 59.1 Å². The zero-order chi connectivity index (χ0) is 18.4. The van der Waals surface area contributed by atoms with Crippen LogP contribution >= 0.6 is 27.5 Å². The van der Waals surface area contributed by atoms with Gasteiger partial charge >= 0.3 is 0 Å². The van der Waals surface area contributed by atoms with E-state index in [1.807, 2.05) is 22.8 Å². The number of primary amides is 1. The lowest BCUT2D eigenvalue weighted by Crippen LogP contribution is -2.11. The molecule has 6 heteroatoms. The highest BCUT2D eigenvalue weighted by Gasteiger charge is 2.17. The van der Waals surface area contributed by atoms with Crippen LogP contribution in [0.25, 0.3) is 21.8 Å². The number of rotatable bonds is 3. The molecule has 4 rings (SSSR count). The molecule has 3 aromatic carbocycles. The Morgan fingerprint density at radius 1 is 1.12 bits per heavy atom. The van der Waals surface area contributed by atoms with Crippen molar-refractivity contribution in [2.45, 2.75) is 6.54 Å². The predicted molar refractivity (Wildman–Crippen MR) is 106 cm³/mol. The average Bonchev–Trinajstić information content (AvgIpc) is 2.91. The van der Waals surface area contributed by atoms with Crippen molar-refractivity contribution in [2.75, 3.05) is 0 Å². The van der Waals surface area contributed by atoms with Crippen LogP contribution in [0.4, 0.5) is 4.39 Å². The van der Waals surface area contributed by atoms with Crippen LogP contribution in [0, 0.1) is 5.82 Å². The molecule has 0 unspecified atom stereocenters. The first-order valence-electron chi connectivity index (χ1n) is 7.90. The van der Waals surface area contributed by atoms with E-state index in [0.29, 0.717) is 17.1 Å². The Balaban J connectivity index is 2.06. The van der Waals surface area contributed by atoms with Gasteiger partial charge in [0.05, 0.1) is 11.0 Å². The zero-order valence-electron chi connectivity index (χ0n) is 13.5. The highest BCUT2D eigenvalue weighted by atomic mass is 79.9. The van der Waals surface area contributed by atoms with Crippen molar-refractivity contribution in [2.24, 2.45) is 5.73 Å². The van der Waals surface area contributed by atoms with Gasteiger partial charge in [0.25, 0.3) is 0 Å². The molecule has 0 bridgehead atoms. The first-order valence-corrected chi connectivity index (χ1v) is 9.07. The monoisotopic (exact) mass is 430 g/mol. The number of hydrogen-bond donors (Lipinski definition) is 1. The topological polar surface area (TPSA) is 48.0 Å². The van der Waals surface area contributed by atoms with Crippen LogP contribution in [0.5, 0.6) is 0 Å². The van der Waals surface area contributed by atoms with Crippen LogP contribution in [0.1, 0.15) is 15.9 Å². The number of carbonyl (C=O) groups is 1. The van der Waals surface area contributed by atoms with E-state index in [2.05, 4.69) is 15.9 Å². The lowest BCUT2D eigenvalue weighted by atomic mass is 10.1. The molecule has 130 valence electrons. The highest BCUT2D eigenvalue weighted by molar-refractivity contribution is 9.10. The van der Waals surface area contributed by atoms with Crippen molar-refractivity contribution in [1.29, 1.82) is 0 Å². The third-order valence-electron chi connectivity index (χ3n) is 4.45. The molecule has 0 saturated heterocycles. The summed E-state index contributed by atoms with van der Waals surface area (Å²) < 4.78 is 16.5. The summed E-state index contributed by atoms with van der Waals surface area (Å²) in [7, 11) is 0. The molecule has 2 N–H and O–H groups in total. The molecule has 26 heavy (non-hydrogen) atoms. The summed E-state index contributed by atoms with van der Waals surface area (Å²) >= 11 is 9.68. The smallest absolute Gasteiger partial charge is 0.249 e. The first kappa shape index (κ1) is 17.1. The van der Waals surface area contributed by atoms with Crippen molar-refractivity contribution in [1.82, 2.24) is 4.57 Å². The molecule has 0 radical (unpaired) electrons. The molecule has 0 saturated carbocycles. The Morgan fingerprint density at radius 2 is 1.92 bits per heavy atom. The van der Waals surface area contributed by atoms with Crippen LogP contribution in [-0.2, 0) is 6.54 Å². The second-order valence-electron chi connectivity index (χ2n) is 6.05. The van der Waals surface area contributed by atoms with Crippen molar-refractivity contribution in [3.05, 3.63) is 81.0 Å².